The third-order valence-corrected chi connectivity index (χ3v) is 3.15. The zero-order valence-corrected chi connectivity index (χ0v) is 10.8. The van der Waals surface area contributed by atoms with Gasteiger partial charge in [0.1, 0.15) is 30.2 Å². The zero-order chi connectivity index (χ0) is 15.6. The van der Waals surface area contributed by atoms with E-state index in [9.17, 15) is 25.4 Å². The summed E-state index contributed by atoms with van der Waals surface area (Å²) in [5.74, 6) is 0.171. The number of hydrogen-bond acceptors (Lipinski definition) is 8. The Labute approximate surface area is 119 Å². The van der Waals surface area contributed by atoms with E-state index in [1.54, 1.807) is 0 Å². The number of aliphatic hydroxyl groups excluding tert-OH is 4. The van der Waals surface area contributed by atoms with Crippen LogP contribution in [0.25, 0.3) is 0 Å². The van der Waals surface area contributed by atoms with Crippen LogP contribution in [0.4, 0.5) is 5.69 Å². The van der Waals surface area contributed by atoms with Crippen molar-refractivity contribution in [3.63, 3.8) is 0 Å². The van der Waals surface area contributed by atoms with Crippen LogP contribution >= 0.6 is 0 Å². The first kappa shape index (κ1) is 15.6. The lowest BCUT2D eigenvalue weighted by Gasteiger charge is -2.39. The van der Waals surface area contributed by atoms with Crippen molar-refractivity contribution in [2.24, 2.45) is 0 Å². The van der Waals surface area contributed by atoms with Crippen LogP contribution in [-0.4, -0.2) is 62.7 Å². The third kappa shape index (κ3) is 3.28. The molecule has 0 radical (unpaired) electrons. The highest BCUT2D eigenvalue weighted by molar-refractivity contribution is 5.36. The largest absolute Gasteiger partial charge is 0.462 e. The van der Waals surface area contributed by atoms with Crippen molar-refractivity contribution in [3.05, 3.63) is 34.4 Å². The highest BCUT2D eigenvalue weighted by Crippen LogP contribution is 2.25. The number of ether oxygens (including phenoxy) is 2. The fraction of sp³-hybridized carbons (Fsp3) is 0.500. The molecule has 9 heteroatoms. The molecule has 1 fully saturated rings. The Morgan fingerprint density at radius 3 is 2.29 bits per heavy atom. The average Bonchev–Trinajstić information content (AvgIpc) is 2.48. The predicted octanol–water partition coefficient (Wildman–Crippen LogP) is -1.23. The van der Waals surface area contributed by atoms with E-state index in [4.69, 9.17) is 14.6 Å². The van der Waals surface area contributed by atoms with E-state index in [0.29, 0.717) is 0 Å². The number of non-ortho nitro benzene ring substituents is 1. The van der Waals surface area contributed by atoms with E-state index >= 15 is 0 Å². The first-order valence-corrected chi connectivity index (χ1v) is 6.15. The van der Waals surface area contributed by atoms with Gasteiger partial charge in [0.25, 0.3) is 5.69 Å². The lowest BCUT2D eigenvalue weighted by atomic mass is 9.99. The van der Waals surface area contributed by atoms with Crippen molar-refractivity contribution in [2.45, 2.75) is 30.7 Å². The van der Waals surface area contributed by atoms with Crippen molar-refractivity contribution >= 4 is 5.69 Å². The maximum Gasteiger partial charge on any atom is 0.269 e. The fourth-order valence-corrected chi connectivity index (χ4v) is 1.95. The van der Waals surface area contributed by atoms with Crippen LogP contribution in [0, 0.1) is 10.1 Å². The summed E-state index contributed by atoms with van der Waals surface area (Å²) in [5, 5.41) is 48.6. The molecule has 0 saturated carbocycles. The predicted molar refractivity (Wildman–Crippen MR) is 67.5 cm³/mol. The highest BCUT2D eigenvalue weighted by Gasteiger charge is 2.44. The number of aliphatic hydroxyl groups is 4. The van der Waals surface area contributed by atoms with E-state index in [1.807, 2.05) is 0 Å². The monoisotopic (exact) mass is 301 g/mol. The number of hydrogen-bond donors (Lipinski definition) is 4. The molecule has 1 aliphatic heterocycles. The van der Waals surface area contributed by atoms with Crippen molar-refractivity contribution in [1.29, 1.82) is 0 Å². The minimum atomic E-state index is -1.54. The second-order valence-corrected chi connectivity index (χ2v) is 4.57. The smallest absolute Gasteiger partial charge is 0.269 e. The maximum atomic E-state index is 10.5. The van der Waals surface area contributed by atoms with E-state index in [-0.39, 0.29) is 11.4 Å². The third-order valence-electron chi connectivity index (χ3n) is 3.15. The van der Waals surface area contributed by atoms with E-state index in [1.165, 1.54) is 24.3 Å². The number of rotatable bonds is 4. The lowest BCUT2D eigenvalue weighted by Crippen LogP contribution is -2.60. The highest BCUT2D eigenvalue weighted by atomic mass is 16.7. The Balaban J connectivity index is 2.08. The molecule has 1 aromatic carbocycles. The minimum absolute atomic E-state index is 0.129. The van der Waals surface area contributed by atoms with Crippen molar-refractivity contribution < 1.29 is 34.8 Å². The molecular weight excluding hydrogens is 286 g/mol. The van der Waals surface area contributed by atoms with Gasteiger partial charge in [-0.3, -0.25) is 10.1 Å². The number of nitrogens with zero attached hydrogens (tertiary/aromatic N) is 1. The molecular formula is C12H15NO8. The molecule has 2 rings (SSSR count). The number of nitro groups is 1. The van der Waals surface area contributed by atoms with Gasteiger partial charge in [0, 0.05) is 12.1 Å². The molecule has 0 aliphatic carbocycles. The standard InChI is InChI=1S/C12H15NO8/c14-5-8-9(15)10(16)11(17)12(21-8)20-7-3-1-6(2-4-7)13(18)19/h1-4,8-12,14-17H,5H2/t8-,9-,10+,11+,12+/m1/s1. The molecule has 1 aliphatic rings. The molecule has 0 bridgehead atoms. The summed E-state index contributed by atoms with van der Waals surface area (Å²) in [6.45, 7) is -0.564. The molecule has 1 aromatic rings. The molecule has 5 atom stereocenters. The van der Waals surface area contributed by atoms with E-state index in [0.717, 1.165) is 0 Å². The van der Waals surface area contributed by atoms with Gasteiger partial charge in [-0.2, -0.15) is 0 Å². The first-order chi connectivity index (χ1) is 9.93. The van der Waals surface area contributed by atoms with Crippen LogP contribution in [0.1, 0.15) is 0 Å². The molecule has 1 heterocycles. The van der Waals surface area contributed by atoms with Gasteiger partial charge in [-0.25, -0.2) is 0 Å². The Hall–Kier alpha value is -1.78. The van der Waals surface area contributed by atoms with Crippen LogP contribution in [0.15, 0.2) is 24.3 Å². The minimum Gasteiger partial charge on any atom is -0.462 e. The Kier molecular flexibility index (Phi) is 4.70. The molecule has 0 spiro atoms. The van der Waals surface area contributed by atoms with Crippen LogP contribution in [-0.2, 0) is 4.74 Å². The van der Waals surface area contributed by atoms with E-state index in [2.05, 4.69) is 0 Å². The fourth-order valence-electron chi connectivity index (χ4n) is 1.95. The molecule has 0 amide bonds. The Morgan fingerprint density at radius 2 is 1.76 bits per heavy atom. The molecule has 21 heavy (non-hydrogen) atoms. The second-order valence-electron chi connectivity index (χ2n) is 4.57. The van der Waals surface area contributed by atoms with Gasteiger partial charge < -0.3 is 29.9 Å². The molecule has 0 aromatic heterocycles. The van der Waals surface area contributed by atoms with Crippen molar-refractivity contribution in [1.82, 2.24) is 0 Å². The number of nitro benzene ring substituents is 1. The quantitative estimate of drug-likeness (QED) is 0.400. The second kappa shape index (κ2) is 6.33. The van der Waals surface area contributed by atoms with Crippen molar-refractivity contribution in [2.75, 3.05) is 6.61 Å². The van der Waals surface area contributed by atoms with Gasteiger partial charge in [-0.1, -0.05) is 0 Å². The van der Waals surface area contributed by atoms with Crippen LogP contribution < -0.4 is 4.74 Å². The summed E-state index contributed by atoms with van der Waals surface area (Å²) >= 11 is 0. The maximum absolute atomic E-state index is 10.5. The molecule has 0 unspecified atom stereocenters. The van der Waals surface area contributed by atoms with Gasteiger partial charge >= 0.3 is 0 Å². The summed E-state index contributed by atoms with van der Waals surface area (Å²) in [4.78, 5) is 9.95. The summed E-state index contributed by atoms with van der Waals surface area (Å²) in [6, 6.07) is 5.03. The van der Waals surface area contributed by atoms with Gasteiger partial charge in [-0.15, -0.1) is 0 Å². The van der Waals surface area contributed by atoms with Crippen LogP contribution in [0.3, 0.4) is 0 Å². The summed E-state index contributed by atoms with van der Waals surface area (Å²) in [5.41, 5.74) is -0.129. The molecule has 4 N–H and O–H groups in total. The normalized spacial score (nSPS) is 32.7. The summed E-state index contributed by atoms with van der Waals surface area (Å²) in [6.07, 6.45) is -6.94. The Bertz CT molecular complexity index is 491. The molecule has 9 nitrogen and oxygen atoms in total. The Morgan fingerprint density at radius 1 is 1.14 bits per heavy atom. The number of benzene rings is 1. The van der Waals surface area contributed by atoms with Gasteiger partial charge in [0.05, 0.1) is 11.5 Å². The van der Waals surface area contributed by atoms with Gasteiger partial charge in [0.15, 0.2) is 0 Å². The molecule has 1 saturated heterocycles. The lowest BCUT2D eigenvalue weighted by molar-refractivity contribution is -0.384. The summed E-state index contributed by atoms with van der Waals surface area (Å²) in [7, 11) is 0. The van der Waals surface area contributed by atoms with Gasteiger partial charge in [0.2, 0.25) is 6.29 Å². The average molecular weight is 301 g/mol. The van der Waals surface area contributed by atoms with Gasteiger partial charge in [-0.05, 0) is 12.1 Å². The summed E-state index contributed by atoms with van der Waals surface area (Å²) < 4.78 is 10.4. The van der Waals surface area contributed by atoms with Crippen molar-refractivity contribution in [3.8, 4) is 5.75 Å². The van der Waals surface area contributed by atoms with E-state index < -0.39 is 42.2 Å². The zero-order valence-electron chi connectivity index (χ0n) is 10.8. The molecule has 116 valence electrons. The topological polar surface area (TPSA) is 143 Å². The first-order valence-electron chi connectivity index (χ1n) is 6.15. The SMILES string of the molecule is O=[N+]([O-])c1ccc(O[C@H]2O[C@H](CO)[C@@H](O)[C@H](O)[C@@H]2O)cc1. The van der Waals surface area contributed by atoms with Crippen LogP contribution in [0.5, 0.6) is 5.75 Å². The van der Waals surface area contributed by atoms with Crippen LogP contribution in [0.2, 0.25) is 0 Å².